The average Bonchev–Trinajstić information content (AvgIpc) is 2.54. The molecule has 2 aromatic carbocycles. The third-order valence-corrected chi connectivity index (χ3v) is 4.01. The second-order valence-corrected chi connectivity index (χ2v) is 5.73. The maximum Gasteiger partial charge on any atom is 0.305 e. The lowest BCUT2D eigenvalue weighted by Crippen LogP contribution is -2.30. The lowest BCUT2D eigenvalue weighted by Gasteiger charge is -2.18. The molecular formula is C17H16BrNO4. The molecule has 0 aliphatic carbocycles. The first-order valence-corrected chi connectivity index (χ1v) is 7.71. The lowest BCUT2D eigenvalue weighted by atomic mass is 10.0. The van der Waals surface area contributed by atoms with Crippen LogP contribution in [0.25, 0.3) is 0 Å². The van der Waals surface area contributed by atoms with Crippen LogP contribution >= 0.6 is 15.9 Å². The first-order chi connectivity index (χ1) is 11.0. The smallest absolute Gasteiger partial charge is 0.305 e. The third-order valence-electron chi connectivity index (χ3n) is 3.32. The van der Waals surface area contributed by atoms with Gasteiger partial charge < -0.3 is 15.2 Å². The molecule has 1 amide bonds. The van der Waals surface area contributed by atoms with E-state index in [-0.39, 0.29) is 12.3 Å². The van der Waals surface area contributed by atoms with Gasteiger partial charge in [-0.1, -0.05) is 24.3 Å². The standard InChI is InChI=1S/C17H16BrNO4/c1-23-12-8-6-11(7-9-12)15(10-16(20)21)19-17(22)13-4-2-3-5-14(13)18/h2-9,15H,10H2,1H3,(H,19,22)(H,20,21)/t15-/m1/s1. The van der Waals surface area contributed by atoms with E-state index in [1.807, 2.05) is 0 Å². The minimum Gasteiger partial charge on any atom is -0.497 e. The summed E-state index contributed by atoms with van der Waals surface area (Å²) in [4.78, 5) is 23.5. The lowest BCUT2D eigenvalue weighted by molar-refractivity contribution is -0.137. The summed E-state index contributed by atoms with van der Waals surface area (Å²) >= 11 is 3.32. The molecule has 2 aromatic rings. The van der Waals surface area contributed by atoms with Crippen molar-refractivity contribution in [3.05, 3.63) is 64.1 Å². The number of carbonyl (C=O) groups excluding carboxylic acids is 1. The normalized spacial score (nSPS) is 11.6. The number of carboxylic acid groups (broad SMARTS) is 1. The first kappa shape index (κ1) is 17.0. The number of carboxylic acids is 1. The molecule has 6 heteroatoms. The Morgan fingerprint density at radius 3 is 2.39 bits per heavy atom. The molecule has 23 heavy (non-hydrogen) atoms. The van der Waals surface area contributed by atoms with Crippen molar-refractivity contribution in [3.8, 4) is 5.75 Å². The zero-order valence-corrected chi connectivity index (χ0v) is 14.0. The van der Waals surface area contributed by atoms with Crippen molar-refractivity contribution >= 4 is 27.8 Å². The fourth-order valence-electron chi connectivity index (χ4n) is 2.14. The number of methoxy groups -OCH3 is 1. The van der Waals surface area contributed by atoms with Crippen molar-refractivity contribution in [2.75, 3.05) is 7.11 Å². The van der Waals surface area contributed by atoms with Crippen LogP contribution in [0.4, 0.5) is 0 Å². The Balaban J connectivity index is 2.23. The molecule has 0 saturated carbocycles. The van der Waals surface area contributed by atoms with Gasteiger partial charge in [0.15, 0.2) is 0 Å². The van der Waals surface area contributed by atoms with Gasteiger partial charge >= 0.3 is 5.97 Å². The number of benzene rings is 2. The Labute approximate surface area is 142 Å². The van der Waals surface area contributed by atoms with Gasteiger partial charge in [0.1, 0.15) is 5.75 Å². The minimum absolute atomic E-state index is 0.206. The van der Waals surface area contributed by atoms with Crippen molar-refractivity contribution in [2.24, 2.45) is 0 Å². The van der Waals surface area contributed by atoms with Gasteiger partial charge in [-0.25, -0.2) is 0 Å². The van der Waals surface area contributed by atoms with Crippen molar-refractivity contribution in [2.45, 2.75) is 12.5 Å². The van der Waals surface area contributed by atoms with Gasteiger partial charge in [0.25, 0.3) is 5.91 Å². The van der Waals surface area contributed by atoms with Crippen LogP contribution in [0.15, 0.2) is 53.0 Å². The highest BCUT2D eigenvalue weighted by Crippen LogP contribution is 2.22. The molecule has 0 radical (unpaired) electrons. The molecular weight excluding hydrogens is 362 g/mol. The van der Waals surface area contributed by atoms with E-state index in [0.717, 1.165) is 0 Å². The highest BCUT2D eigenvalue weighted by Gasteiger charge is 2.20. The predicted octanol–water partition coefficient (Wildman–Crippen LogP) is 3.40. The summed E-state index contributed by atoms with van der Waals surface area (Å²) in [5.74, 6) is -0.655. The Kier molecular flexibility index (Phi) is 5.76. The van der Waals surface area contributed by atoms with Crippen LogP contribution in [-0.2, 0) is 4.79 Å². The number of rotatable bonds is 6. The summed E-state index contributed by atoms with van der Waals surface area (Å²) in [5, 5.41) is 11.9. The number of halogens is 1. The number of nitrogens with one attached hydrogen (secondary N) is 1. The zero-order chi connectivity index (χ0) is 16.8. The number of ether oxygens (including phenoxy) is 1. The Morgan fingerprint density at radius 1 is 1.17 bits per heavy atom. The summed E-state index contributed by atoms with van der Waals surface area (Å²) in [7, 11) is 1.55. The van der Waals surface area contributed by atoms with Crippen LogP contribution < -0.4 is 10.1 Å². The van der Waals surface area contributed by atoms with Gasteiger partial charge in [-0.3, -0.25) is 9.59 Å². The van der Waals surface area contributed by atoms with E-state index >= 15 is 0 Å². The van der Waals surface area contributed by atoms with Crippen LogP contribution in [0.3, 0.4) is 0 Å². The van der Waals surface area contributed by atoms with Crippen LogP contribution in [0.1, 0.15) is 28.4 Å². The Bertz CT molecular complexity index is 700. The monoisotopic (exact) mass is 377 g/mol. The van der Waals surface area contributed by atoms with Crippen molar-refractivity contribution in [1.82, 2.24) is 5.32 Å². The summed E-state index contributed by atoms with van der Waals surface area (Å²) in [6, 6.07) is 13.3. The summed E-state index contributed by atoms with van der Waals surface area (Å²) in [6.45, 7) is 0. The number of aliphatic carboxylic acids is 1. The van der Waals surface area contributed by atoms with Gasteiger partial charge in [-0.15, -0.1) is 0 Å². The van der Waals surface area contributed by atoms with E-state index in [1.165, 1.54) is 0 Å². The second-order valence-electron chi connectivity index (χ2n) is 4.88. The number of hydrogen-bond donors (Lipinski definition) is 2. The summed E-state index contributed by atoms with van der Waals surface area (Å²) in [5.41, 5.74) is 1.16. The molecule has 0 heterocycles. The van der Waals surface area contributed by atoms with Gasteiger partial charge in [-0.05, 0) is 45.8 Å². The SMILES string of the molecule is COc1ccc([C@@H](CC(=O)O)NC(=O)c2ccccc2Br)cc1. The quantitative estimate of drug-likeness (QED) is 0.808. The Hall–Kier alpha value is -2.34. The fraction of sp³-hybridized carbons (Fsp3) is 0.176. The molecule has 120 valence electrons. The van der Waals surface area contributed by atoms with Crippen LogP contribution in [0.2, 0.25) is 0 Å². The van der Waals surface area contributed by atoms with E-state index in [4.69, 9.17) is 9.84 Å². The zero-order valence-electron chi connectivity index (χ0n) is 12.5. The van der Waals surface area contributed by atoms with Crippen LogP contribution in [-0.4, -0.2) is 24.1 Å². The van der Waals surface area contributed by atoms with E-state index in [2.05, 4.69) is 21.2 Å². The summed E-state index contributed by atoms with van der Waals surface area (Å²) < 4.78 is 5.74. The molecule has 0 fully saturated rings. The molecule has 0 aliphatic heterocycles. The molecule has 0 aliphatic rings. The highest BCUT2D eigenvalue weighted by atomic mass is 79.9. The van der Waals surface area contributed by atoms with Crippen molar-refractivity contribution in [1.29, 1.82) is 0 Å². The average molecular weight is 378 g/mol. The largest absolute Gasteiger partial charge is 0.497 e. The van der Waals surface area contributed by atoms with E-state index in [0.29, 0.717) is 21.3 Å². The molecule has 0 aromatic heterocycles. The minimum atomic E-state index is -0.988. The van der Waals surface area contributed by atoms with Crippen LogP contribution in [0, 0.1) is 0 Å². The van der Waals surface area contributed by atoms with E-state index < -0.39 is 12.0 Å². The molecule has 1 atom stereocenters. The third kappa shape index (κ3) is 4.56. The second kappa shape index (κ2) is 7.78. The maximum absolute atomic E-state index is 12.4. The van der Waals surface area contributed by atoms with Gasteiger partial charge in [0, 0.05) is 4.47 Å². The summed E-state index contributed by atoms with van der Waals surface area (Å²) in [6.07, 6.45) is -0.206. The molecule has 5 nitrogen and oxygen atoms in total. The molecule has 0 unspecified atom stereocenters. The molecule has 2 N–H and O–H groups in total. The van der Waals surface area contributed by atoms with Crippen molar-refractivity contribution < 1.29 is 19.4 Å². The van der Waals surface area contributed by atoms with Gasteiger partial charge in [0.05, 0.1) is 25.1 Å². The first-order valence-electron chi connectivity index (χ1n) is 6.92. The topological polar surface area (TPSA) is 75.6 Å². The van der Waals surface area contributed by atoms with Gasteiger partial charge in [-0.2, -0.15) is 0 Å². The number of hydrogen-bond acceptors (Lipinski definition) is 3. The van der Waals surface area contributed by atoms with E-state index in [1.54, 1.807) is 55.6 Å². The van der Waals surface area contributed by atoms with Crippen LogP contribution in [0.5, 0.6) is 5.75 Å². The molecule has 2 rings (SSSR count). The highest BCUT2D eigenvalue weighted by molar-refractivity contribution is 9.10. The number of carbonyl (C=O) groups is 2. The Morgan fingerprint density at radius 2 is 1.83 bits per heavy atom. The van der Waals surface area contributed by atoms with Crippen molar-refractivity contribution in [3.63, 3.8) is 0 Å². The number of amides is 1. The fourth-order valence-corrected chi connectivity index (χ4v) is 2.61. The van der Waals surface area contributed by atoms with E-state index in [9.17, 15) is 9.59 Å². The molecule has 0 spiro atoms. The van der Waals surface area contributed by atoms with Gasteiger partial charge in [0.2, 0.25) is 0 Å². The molecule has 0 bridgehead atoms. The molecule has 0 saturated heterocycles. The predicted molar refractivity (Wildman–Crippen MR) is 89.6 cm³/mol. The maximum atomic E-state index is 12.4.